The van der Waals surface area contributed by atoms with Crippen molar-refractivity contribution in [1.29, 1.82) is 0 Å². The lowest BCUT2D eigenvalue weighted by molar-refractivity contribution is -0.117. The molecule has 0 aliphatic rings. The Labute approximate surface area is 93.3 Å². The number of rotatable bonds is 2. The van der Waals surface area contributed by atoms with Gasteiger partial charge in [0.2, 0.25) is 5.91 Å². The van der Waals surface area contributed by atoms with Crippen molar-refractivity contribution in [2.75, 3.05) is 0 Å². The van der Waals surface area contributed by atoms with Gasteiger partial charge in [-0.1, -0.05) is 0 Å². The van der Waals surface area contributed by atoms with Crippen LogP contribution in [0, 0.1) is 0 Å². The van der Waals surface area contributed by atoms with Crippen LogP contribution in [0.15, 0.2) is 15.0 Å². The molecule has 0 saturated carbocycles. The molecule has 0 atom stereocenters. The molecule has 0 aliphatic carbocycles. The number of hydrogen-bond acceptors (Lipinski definition) is 4. The van der Waals surface area contributed by atoms with Crippen molar-refractivity contribution in [2.24, 2.45) is 12.8 Å². The summed E-state index contributed by atoms with van der Waals surface area (Å²) in [5, 5.41) is 2.03. The molecule has 0 spiro atoms. The van der Waals surface area contributed by atoms with E-state index in [9.17, 15) is 14.4 Å². The quantitative estimate of drug-likeness (QED) is 0.726. The summed E-state index contributed by atoms with van der Waals surface area (Å²) in [6, 6.07) is 0. The molecule has 0 unspecified atom stereocenters. The monoisotopic (exact) mass is 239 g/mol. The van der Waals surface area contributed by atoms with E-state index < -0.39 is 17.2 Å². The number of aromatic amines is 1. The molecule has 2 rings (SSSR count). The molecule has 16 heavy (non-hydrogen) atoms. The fourth-order valence-electron chi connectivity index (χ4n) is 1.48. The van der Waals surface area contributed by atoms with Crippen LogP contribution in [0.4, 0.5) is 0 Å². The fraction of sp³-hybridized carbons (Fsp3) is 0.222. The summed E-state index contributed by atoms with van der Waals surface area (Å²) in [5.41, 5.74) is 4.76. The molecule has 0 bridgehead atoms. The maximum Gasteiger partial charge on any atom is 0.329 e. The Morgan fingerprint density at radius 3 is 2.88 bits per heavy atom. The van der Waals surface area contributed by atoms with E-state index in [1.807, 2.05) is 0 Å². The van der Waals surface area contributed by atoms with Gasteiger partial charge in [-0.3, -0.25) is 19.1 Å². The number of primary amides is 1. The molecule has 2 aromatic rings. The minimum atomic E-state index is -0.507. The largest absolute Gasteiger partial charge is 0.369 e. The molecule has 3 N–H and O–H groups in total. The Morgan fingerprint density at radius 2 is 2.25 bits per heavy atom. The summed E-state index contributed by atoms with van der Waals surface area (Å²) in [5.74, 6) is -0.507. The van der Waals surface area contributed by atoms with Gasteiger partial charge in [0, 0.05) is 7.05 Å². The van der Waals surface area contributed by atoms with Crippen LogP contribution in [0.2, 0.25) is 0 Å². The number of H-pyrrole nitrogens is 1. The Bertz CT molecular complexity index is 679. The molecule has 0 saturated heterocycles. The highest BCUT2D eigenvalue weighted by Crippen LogP contribution is 2.19. The first kappa shape index (κ1) is 10.6. The van der Waals surface area contributed by atoms with Crippen molar-refractivity contribution in [3.8, 4) is 0 Å². The first-order valence-electron chi connectivity index (χ1n) is 4.48. The van der Waals surface area contributed by atoms with E-state index in [1.54, 1.807) is 5.38 Å². The molecular weight excluding hydrogens is 230 g/mol. The van der Waals surface area contributed by atoms with Gasteiger partial charge in [0.15, 0.2) is 0 Å². The first-order valence-corrected chi connectivity index (χ1v) is 5.36. The van der Waals surface area contributed by atoms with Crippen molar-refractivity contribution >= 4 is 27.5 Å². The molecule has 0 radical (unpaired) electrons. The SMILES string of the molecule is Cn1c(=O)[nH]c2scc(CC(N)=O)c2c1=O. The lowest BCUT2D eigenvalue weighted by Crippen LogP contribution is -2.32. The number of carbonyl (C=O) groups is 1. The zero-order valence-electron chi connectivity index (χ0n) is 8.44. The smallest absolute Gasteiger partial charge is 0.329 e. The summed E-state index contributed by atoms with van der Waals surface area (Å²) in [6.07, 6.45) is 0.00127. The molecule has 0 aliphatic heterocycles. The standard InChI is InChI=1S/C9H9N3O3S/c1-12-8(14)6-4(2-5(10)13)3-16-7(6)11-9(12)15/h3H,2H2,1H3,(H2,10,13)(H,11,15). The van der Waals surface area contributed by atoms with Crippen LogP contribution in [0.5, 0.6) is 0 Å². The number of amides is 1. The van der Waals surface area contributed by atoms with Gasteiger partial charge in [-0.05, 0) is 10.9 Å². The van der Waals surface area contributed by atoms with Gasteiger partial charge in [-0.15, -0.1) is 11.3 Å². The molecule has 6 nitrogen and oxygen atoms in total. The van der Waals surface area contributed by atoms with Crippen molar-refractivity contribution in [3.63, 3.8) is 0 Å². The van der Waals surface area contributed by atoms with E-state index in [2.05, 4.69) is 4.98 Å². The van der Waals surface area contributed by atoms with Gasteiger partial charge in [0.05, 0.1) is 11.8 Å². The number of hydrogen-bond donors (Lipinski definition) is 2. The van der Waals surface area contributed by atoms with Crippen LogP contribution in [0.1, 0.15) is 5.56 Å². The molecule has 0 fully saturated rings. The normalized spacial score (nSPS) is 10.8. The van der Waals surface area contributed by atoms with Crippen LogP contribution < -0.4 is 17.0 Å². The molecule has 84 valence electrons. The molecular formula is C9H9N3O3S. The van der Waals surface area contributed by atoms with E-state index in [4.69, 9.17) is 5.73 Å². The molecule has 1 amide bonds. The predicted octanol–water partition coefficient (Wildman–Crippen LogP) is -0.684. The molecule has 2 heterocycles. The van der Waals surface area contributed by atoms with E-state index in [0.717, 1.165) is 4.57 Å². The summed E-state index contributed by atoms with van der Waals surface area (Å²) in [6.45, 7) is 0. The highest BCUT2D eigenvalue weighted by Gasteiger charge is 2.12. The number of nitrogens with two attached hydrogens (primary N) is 1. The van der Waals surface area contributed by atoms with E-state index >= 15 is 0 Å². The summed E-state index contributed by atoms with van der Waals surface area (Å²) >= 11 is 1.22. The van der Waals surface area contributed by atoms with E-state index in [-0.39, 0.29) is 6.42 Å². The van der Waals surface area contributed by atoms with Crippen LogP contribution in [-0.4, -0.2) is 15.5 Å². The average Bonchev–Trinajstić information content (AvgIpc) is 2.57. The Morgan fingerprint density at radius 1 is 1.56 bits per heavy atom. The average molecular weight is 239 g/mol. The van der Waals surface area contributed by atoms with Crippen LogP contribution in [-0.2, 0) is 18.3 Å². The molecule has 2 aromatic heterocycles. The number of thiophene rings is 1. The summed E-state index contributed by atoms with van der Waals surface area (Å²) < 4.78 is 0.972. The van der Waals surface area contributed by atoms with Crippen molar-refractivity contribution in [1.82, 2.24) is 9.55 Å². The van der Waals surface area contributed by atoms with Gasteiger partial charge in [-0.25, -0.2) is 4.79 Å². The number of aromatic nitrogens is 2. The number of carbonyl (C=O) groups excluding carboxylic acids is 1. The summed E-state index contributed by atoms with van der Waals surface area (Å²) in [7, 11) is 1.38. The zero-order valence-corrected chi connectivity index (χ0v) is 9.26. The lowest BCUT2D eigenvalue weighted by atomic mass is 10.2. The number of fused-ring (bicyclic) bond motifs is 1. The second-order valence-electron chi connectivity index (χ2n) is 3.40. The van der Waals surface area contributed by atoms with Crippen molar-refractivity contribution in [3.05, 3.63) is 31.8 Å². The third-order valence-electron chi connectivity index (χ3n) is 2.28. The Balaban J connectivity index is 2.81. The van der Waals surface area contributed by atoms with Gasteiger partial charge in [0.1, 0.15) is 4.83 Å². The van der Waals surface area contributed by atoms with Gasteiger partial charge >= 0.3 is 5.69 Å². The topological polar surface area (TPSA) is 97.9 Å². The number of nitrogens with one attached hydrogen (secondary N) is 1. The summed E-state index contributed by atoms with van der Waals surface area (Å²) in [4.78, 5) is 37.0. The highest BCUT2D eigenvalue weighted by atomic mass is 32.1. The van der Waals surface area contributed by atoms with Crippen molar-refractivity contribution < 1.29 is 4.79 Å². The third-order valence-corrected chi connectivity index (χ3v) is 3.22. The van der Waals surface area contributed by atoms with Gasteiger partial charge in [0.25, 0.3) is 5.56 Å². The lowest BCUT2D eigenvalue weighted by Gasteiger charge is -1.98. The second-order valence-corrected chi connectivity index (χ2v) is 4.28. The Hall–Kier alpha value is -1.89. The molecule has 0 aromatic carbocycles. The maximum absolute atomic E-state index is 11.8. The Kier molecular flexibility index (Phi) is 2.39. The maximum atomic E-state index is 11.8. The van der Waals surface area contributed by atoms with Crippen LogP contribution in [0.3, 0.4) is 0 Å². The number of nitrogens with zero attached hydrogens (tertiary/aromatic N) is 1. The van der Waals surface area contributed by atoms with E-state index in [1.165, 1.54) is 18.4 Å². The minimum Gasteiger partial charge on any atom is -0.369 e. The van der Waals surface area contributed by atoms with Crippen LogP contribution in [0.25, 0.3) is 10.2 Å². The second kappa shape index (κ2) is 3.60. The molecule has 7 heteroatoms. The minimum absolute atomic E-state index is 0.00127. The first-order chi connectivity index (χ1) is 7.50. The predicted molar refractivity (Wildman–Crippen MR) is 60.6 cm³/mol. The fourth-order valence-corrected chi connectivity index (χ4v) is 2.42. The third kappa shape index (κ3) is 1.54. The zero-order chi connectivity index (χ0) is 11.9. The van der Waals surface area contributed by atoms with Gasteiger partial charge in [-0.2, -0.15) is 0 Å². The van der Waals surface area contributed by atoms with Crippen molar-refractivity contribution in [2.45, 2.75) is 6.42 Å². The van der Waals surface area contributed by atoms with E-state index in [0.29, 0.717) is 15.8 Å². The van der Waals surface area contributed by atoms with Crippen LogP contribution >= 0.6 is 11.3 Å². The van der Waals surface area contributed by atoms with Gasteiger partial charge < -0.3 is 5.73 Å². The highest BCUT2D eigenvalue weighted by molar-refractivity contribution is 7.16.